The van der Waals surface area contributed by atoms with E-state index in [1.807, 2.05) is 30.3 Å². The third kappa shape index (κ3) is 3.98. The first-order valence-corrected chi connectivity index (χ1v) is 10.9. The summed E-state index contributed by atoms with van der Waals surface area (Å²) in [6.07, 6.45) is 1.14. The molecule has 0 aliphatic carbocycles. The van der Waals surface area contributed by atoms with Crippen LogP contribution in [0.5, 0.6) is 0 Å². The lowest BCUT2D eigenvalue weighted by molar-refractivity contribution is -0.137. The molecule has 0 radical (unpaired) electrons. The van der Waals surface area contributed by atoms with Crippen molar-refractivity contribution in [2.45, 2.75) is 35.6 Å². The van der Waals surface area contributed by atoms with Crippen LogP contribution < -0.4 is 10.5 Å². The second-order valence-corrected chi connectivity index (χ2v) is 9.58. The van der Waals surface area contributed by atoms with E-state index in [9.17, 15) is 13.2 Å². The van der Waals surface area contributed by atoms with Crippen molar-refractivity contribution in [1.82, 2.24) is 9.62 Å². The monoisotopic (exact) mass is 393 g/mol. The number of nitrogens with one attached hydrogen (secondary N) is 1. The van der Waals surface area contributed by atoms with Crippen molar-refractivity contribution in [1.29, 1.82) is 0 Å². The molecule has 1 amide bonds. The SMILES string of the molecule is CC(N)(C(=O)N1CCC(NS(=O)(=O)c2cccs2)CC1)c1ccccc1. The van der Waals surface area contributed by atoms with Crippen LogP contribution in [0, 0.1) is 0 Å². The minimum Gasteiger partial charge on any atom is -0.341 e. The van der Waals surface area contributed by atoms with Crippen molar-refractivity contribution < 1.29 is 13.2 Å². The van der Waals surface area contributed by atoms with Crippen LogP contribution in [0.3, 0.4) is 0 Å². The lowest BCUT2D eigenvalue weighted by atomic mass is 9.90. The van der Waals surface area contributed by atoms with E-state index in [4.69, 9.17) is 5.73 Å². The summed E-state index contributed by atoms with van der Waals surface area (Å²) < 4.78 is 27.7. The molecule has 8 heteroatoms. The Balaban J connectivity index is 1.61. The number of carbonyl (C=O) groups excluding carboxylic acids is 1. The van der Waals surface area contributed by atoms with Gasteiger partial charge in [-0.05, 0) is 36.8 Å². The number of carbonyl (C=O) groups is 1. The molecule has 1 fully saturated rings. The van der Waals surface area contributed by atoms with Gasteiger partial charge in [0.2, 0.25) is 15.9 Å². The third-order valence-electron chi connectivity index (χ3n) is 4.68. The molecule has 0 spiro atoms. The highest BCUT2D eigenvalue weighted by Crippen LogP contribution is 2.24. The summed E-state index contributed by atoms with van der Waals surface area (Å²) in [4.78, 5) is 14.6. The number of likely N-dealkylation sites (tertiary alicyclic amines) is 1. The van der Waals surface area contributed by atoms with Gasteiger partial charge in [0, 0.05) is 19.1 Å². The van der Waals surface area contributed by atoms with Gasteiger partial charge in [0.1, 0.15) is 9.75 Å². The molecule has 1 atom stereocenters. The average Bonchev–Trinajstić information content (AvgIpc) is 3.18. The van der Waals surface area contributed by atoms with Gasteiger partial charge in [-0.15, -0.1) is 11.3 Å². The predicted octanol–water partition coefficient (Wildman–Crippen LogP) is 1.89. The van der Waals surface area contributed by atoms with Crippen molar-refractivity contribution in [2.24, 2.45) is 5.73 Å². The Morgan fingerprint density at radius 2 is 1.85 bits per heavy atom. The number of amides is 1. The molecule has 1 aliphatic rings. The first kappa shape index (κ1) is 19.0. The van der Waals surface area contributed by atoms with E-state index in [-0.39, 0.29) is 11.9 Å². The number of sulfonamides is 1. The van der Waals surface area contributed by atoms with Crippen LogP contribution in [-0.2, 0) is 20.4 Å². The summed E-state index contributed by atoms with van der Waals surface area (Å²) in [5.41, 5.74) is 5.99. The van der Waals surface area contributed by atoms with Crippen molar-refractivity contribution in [3.8, 4) is 0 Å². The first-order chi connectivity index (χ1) is 12.3. The zero-order chi connectivity index (χ0) is 18.8. The van der Waals surface area contributed by atoms with Crippen LogP contribution >= 0.6 is 11.3 Å². The number of rotatable bonds is 5. The Morgan fingerprint density at radius 1 is 1.19 bits per heavy atom. The molecule has 1 aromatic heterocycles. The quantitative estimate of drug-likeness (QED) is 0.811. The minimum atomic E-state index is -3.49. The fourth-order valence-electron chi connectivity index (χ4n) is 3.13. The summed E-state index contributed by atoms with van der Waals surface area (Å²) in [5.74, 6) is -0.136. The Kier molecular flexibility index (Phi) is 5.47. The Bertz CT molecular complexity index is 841. The molecule has 26 heavy (non-hydrogen) atoms. The van der Waals surface area contributed by atoms with E-state index in [1.54, 1.807) is 29.3 Å². The summed E-state index contributed by atoms with van der Waals surface area (Å²) in [7, 11) is -3.49. The summed E-state index contributed by atoms with van der Waals surface area (Å²) in [5, 5.41) is 1.74. The highest BCUT2D eigenvalue weighted by Gasteiger charge is 2.36. The standard InChI is InChI=1S/C18H23N3O3S2/c1-18(19,14-6-3-2-4-7-14)17(22)21-11-9-15(10-12-21)20-26(23,24)16-8-5-13-25-16/h2-8,13,15,20H,9-12,19H2,1H3. The average molecular weight is 394 g/mol. The molecular formula is C18H23N3O3S2. The number of hydrogen-bond donors (Lipinski definition) is 2. The topological polar surface area (TPSA) is 92.5 Å². The molecule has 1 aliphatic heterocycles. The molecule has 0 bridgehead atoms. The van der Waals surface area contributed by atoms with E-state index in [1.165, 1.54) is 11.3 Å². The normalized spacial score (nSPS) is 18.5. The Labute approximate surface area is 158 Å². The molecular weight excluding hydrogens is 370 g/mol. The van der Waals surface area contributed by atoms with Crippen molar-refractivity contribution >= 4 is 27.3 Å². The van der Waals surface area contributed by atoms with Crippen LogP contribution in [0.1, 0.15) is 25.3 Å². The fraction of sp³-hybridized carbons (Fsp3) is 0.389. The third-order valence-corrected chi connectivity index (χ3v) is 7.60. The highest BCUT2D eigenvalue weighted by molar-refractivity contribution is 7.91. The number of thiophene rings is 1. The maximum atomic E-state index is 12.9. The van der Waals surface area contributed by atoms with Crippen molar-refractivity contribution in [3.63, 3.8) is 0 Å². The molecule has 1 aromatic carbocycles. The van der Waals surface area contributed by atoms with Gasteiger partial charge in [-0.1, -0.05) is 36.4 Å². The second kappa shape index (κ2) is 7.48. The molecule has 2 aromatic rings. The largest absolute Gasteiger partial charge is 0.341 e. The van der Waals surface area contributed by atoms with E-state index < -0.39 is 15.6 Å². The second-order valence-electron chi connectivity index (χ2n) is 6.69. The van der Waals surface area contributed by atoms with Gasteiger partial charge in [-0.25, -0.2) is 13.1 Å². The van der Waals surface area contributed by atoms with Crippen LogP contribution in [0.25, 0.3) is 0 Å². The molecule has 0 saturated carbocycles. The van der Waals surface area contributed by atoms with Crippen LogP contribution in [0.2, 0.25) is 0 Å². The van der Waals surface area contributed by atoms with Gasteiger partial charge in [0.05, 0.1) is 0 Å². The number of hydrogen-bond acceptors (Lipinski definition) is 5. The van der Waals surface area contributed by atoms with Crippen molar-refractivity contribution in [2.75, 3.05) is 13.1 Å². The number of benzene rings is 1. The van der Waals surface area contributed by atoms with E-state index in [0.29, 0.717) is 30.1 Å². The van der Waals surface area contributed by atoms with E-state index in [0.717, 1.165) is 5.56 Å². The van der Waals surface area contributed by atoms with Gasteiger partial charge in [-0.3, -0.25) is 4.79 Å². The summed E-state index contributed by atoms with van der Waals surface area (Å²) in [6, 6.07) is 12.4. The molecule has 6 nitrogen and oxygen atoms in total. The van der Waals surface area contributed by atoms with Gasteiger partial charge in [-0.2, -0.15) is 0 Å². The molecule has 3 rings (SSSR count). The smallest absolute Gasteiger partial charge is 0.250 e. The van der Waals surface area contributed by atoms with Crippen LogP contribution in [-0.4, -0.2) is 38.4 Å². The Morgan fingerprint density at radius 3 is 2.42 bits per heavy atom. The molecule has 140 valence electrons. The highest BCUT2D eigenvalue weighted by atomic mass is 32.2. The van der Waals surface area contributed by atoms with Crippen LogP contribution in [0.4, 0.5) is 0 Å². The number of nitrogens with zero attached hydrogens (tertiary/aromatic N) is 1. The maximum Gasteiger partial charge on any atom is 0.250 e. The predicted molar refractivity (Wildman–Crippen MR) is 102 cm³/mol. The number of nitrogens with two attached hydrogens (primary N) is 1. The van der Waals surface area contributed by atoms with Crippen LogP contribution in [0.15, 0.2) is 52.1 Å². The number of piperidine rings is 1. The minimum absolute atomic E-state index is 0.136. The zero-order valence-electron chi connectivity index (χ0n) is 14.6. The fourth-order valence-corrected chi connectivity index (χ4v) is 5.45. The lowest BCUT2D eigenvalue weighted by Crippen LogP contribution is -2.54. The van der Waals surface area contributed by atoms with Gasteiger partial charge >= 0.3 is 0 Å². The van der Waals surface area contributed by atoms with E-state index >= 15 is 0 Å². The molecule has 2 heterocycles. The zero-order valence-corrected chi connectivity index (χ0v) is 16.2. The summed E-state index contributed by atoms with van der Waals surface area (Å²) in [6.45, 7) is 2.68. The maximum absolute atomic E-state index is 12.9. The summed E-state index contributed by atoms with van der Waals surface area (Å²) >= 11 is 1.19. The lowest BCUT2D eigenvalue weighted by Gasteiger charge is -2.37. The molecule has 1 unspecified atom stereocenters. The molecule has 1 saturated heterocycles. The van der Waals surface area contributed by atoms with E-state index in [2.05, 4.69) is 4.72 Å². The van der Waals surface area contributed by atoms with Gasteiger partial charge in [0.15, 0.2) is 0 Å². The molecule has 3 N–H and O–H groups in total. The van der Waals surface area contributed by atoms with Gasteiger partial charge in [0.25, 0.3) is 0 Å². The van der Waals surface area contributed by atoms with Crippen molar-refractivity contribution in [3.05, 3.63) is 53.4 Å². The first-order valence-electron chi connectivity index (χ1n) is 8.50. The Hall–Kier alpha value is -1.74. The van der Waals surface area contributed by atoms with Gasteiger partial charge < -0.3 is 10.6 Å².